The molecule has 3 aromatic carbocycles. The number of hydrogen-bond donors (Lipinski definition) is 1. The average Bonchev–Trinajstić information content (AvgIpc) is 2.76. The van der Waals surface area contributed by atoms with Crippen LogP contribution in [0.25, 0.3) is 0 Å². The van der Waals surface area contributed by atoms with Gasteiger partial charge in [-0.2, -0.15) is 0 Å². The number of nitrogens with one attached hydrogen (secondary N) is 1. The maximum atomic E-state index is 6.59. The van der Waals surface area contributed by atoms with Crippen molar-refractivity contribution in [3.63, 3.8) is 0 Å². The van der Waals surface area contributed by atoms with Gasteiger partial charge in [0.15, 0.2) is 0 Å². The topological polar surface area (TPSA) is 24.5 Å². The molecule has 0 amide bonds. The smallest absolute Gasteiger partial charge is 0.119 e. The molecule has 1 N–H and O–H groups in total. The lowest BCUT2D eigenvalue weighted by Crippen LogP contribution is -2.45. The van der Waals surface area contributed by atoms with Gasteiger partial charge >= 0.3 is 0 Å². The maximum absolute atomic E-state index is 6.59. The first-order valence-corrected chi connectivity index (χ1v) is 10.6. The van der Waals surface area contributed by atoms with Crippen molar-refractivity contribution >= 4 is 23.2 Å². The van der Waals surface area contributed by atoms with Crippen molar-refractivity contribution in [1.82, 2.24) is 10.2 Å². The van der Waals surface area contributed by atoms with Gasteiger partial charge in [0, 0.05) is 36.2 Å². The first-order valence-electron chi connectivity index (χ1n) is 9.87. The minimum Gasteiger partial charge on any atom is -0.489 e. The van der Waals surface area contributed by atoms with Crippen molar-refractivity contribution in [2.45, 2.75) is 12.6 Å². The lowest BCUT2D eigenvalue weighted by Gasteiger charge is -2.36. The number of benzene rings is 3. The zero-order chi connectivity index (χ0) is 20.1. The molecule has 0 aromatic heterocycles. The fraction of sp³-hybridized carbons (Fsp3) is 0.250. The lowest BCUT2D eigenvalue weighted by molar-refractivity contribution is 0.198. The van der Waals surface area contributed by atoms with Crippen molar-refractivity contribution in [2.75, 3.05) is 26.2 Å². The third kappa shape index (κ3) is 5.12. The van der Waals surface area contributed by atoms with Gasteiger partial charge in [0.2, 0.25) is 0 Å². The Morgan fingerprint density at radius 3 is 2.31 bits per heavy atom. The summed E-state index contributed by atoms with van der Waals surface area (Å²) in [5.74, 6) is 0.860. The van der Waals surface area contributed by atoms with Crippen molar-refractivity contribution in [3.05, 3.63) is 99.5 Å². The molecule has 4 rings (SSSR count). The van der Waals surface area contributed by atoms with Crippen molar-refractivity contribution in [1.29, 1.82) is 0 Å². The molecule has 150 valence electrons. The number of halogens is 2. The van der Waals surface area contributed by atoms with Crippen LogP contribution in [0.4, 0.5) is 0 Å². The Kier molecular flexibility index (Phi) is 6.73. The minimum atomic E-state index is 0.0880. The van der Waals surface area contributed by atoms with Gasteiger partial charge < -0.3 is 10.1 Å². The second kappa shape index (κ2) is 9.64. The van der Waals surface area contributed by atoms with Crippen LogP contribution in [0, 0.1) is 0 Å². The first kappa shape index (κ1) is 20.2. The van der Waals surface area contributed by atoms with Gasteiger partial charge in [-0.3, -0.25) is 4.90 Å². The molecule has 0 radical (unpaired) electrons. The molecule has 1 heterocycles. The summed E-state index contributed by atoms with van der Waals surface area (Å²) in [6.45, 7) is 4.44. The molecule has 29 heavy (non-hydrogen) atoms. The van der Waals surface area contributed by atoms with Gasteiger partial charge in [0.05, 0.1) is 6.04 Å². The van der Waals surface area contributed by atoms with E-state index in [4.69, 9.17) is 27.9 Å². The van der Waals surface area contributed by atoms with E-state index in [-0.39, 0.29) is 6.04 Å². The van der Waals surface area contributed by atoms with E-state index in [1.54, 1.807) is 0 Å². The summed E-state index contributed by atoms with van der Waals surface area (Å²) in [5.41, 5.74) is 3.43. The fourth-order valence-electron chi connectivity index (χ4n) is 3.74. The molecule has 1 fully saturated rings. The van der Waals surface area contributed by atoms with Gasteiger partial charge in [-0.1, -0.05) is 71.7 Å². The molecule has 1 aliphatic heterocycles. The van der Waals surface area contributed by atoms with Crippen LogP contribution in [0.2, 0.25) is 10.0 Å². The molecule has 0 spiro atoms. The second-order valence-electron chi connectivity index (χ2n) is 7.20. The molecule has 1 aliphatic rings. The van der Waals surface area contributed by atoms with Crippen LogP contribution in [-0.2, 0) is 6.61 Å². The van der Waals surface area contributed by atoms with Gasteiger partial charge in [-0.25, -0.2) is 0 Å². The Hall–Kier alpha value is -2.04. The molecule has 1 unspecified atom stereocenters. The largest absolute Gasteiger partial charge is 0.489 e. The van der Waals surface area contributed by atoms with Crippen LogP contribution in [0.15, 0.2) is 72.8 Å². The summed E-state index contributed by atoms with van der Waals surface area (Å²) in [5, 5.41) is 4.78. The molecule has 3 aromatic rings. The Morgan fingerprint density at radius 1 is 0.897 bits per heavy atom. The standard InChI is InChI=1S/C24H24Cl2N2O/c25-20-8-11-22(23(26)16-20)24(28-14-12-27-13-15-28)19-6-9-21(10-7-19)29-17-18-4-2-1-3-5-18/h1-11,16,24,27H,12-15,17H2. The molecule has 1 atom stereocenters. The number of nitrogens with zero attached hydrogens (tertiary/aromatic N) is 1. The third-order valence-corrected chi connectivity index (χ3v) is 5.78. The van der Waals surface area contributed by atoms with Gasteiger partial charge in [0.1, 0.15) is 12.4 Å². The highest BCUT2D eigenvalue weighted by molar-refractivity contribution is 6.35. The molecule has 0 aliphatic carbocycles. The van der Waals surface area contributed by atoms with Crippen LogP contribution < -0.4 is 10.1 Å². The quantitative estimate of drug-likeness (QED) is 0.557. The second-order valence-corrected chi connectivity index (χ2v) is 8.04. The summed E-state index contributed by atoms with van der Waals surface area (Å²) in [6, 6.07) is 24.4. The highest BCUT2D eigenvalue weighted by Crippen LogP contribution is 2.35. The Morgan fingerprint density at radius 2 is 1.62 bits per heavy atom. The molecule has 1 saturated heterocycles. The van der Waals surface area contributed by atoms with Crippen LogP contribution in [0.5, 0.6) is 5.75 Å². The maximum Gasteiger partial charge on any atom is 0.119 e. The normalized spacial score (nSPS) is 15.8. The molecular formula is C24H24Cl2N2O. The Labute approximate surface area is 182 Å². The average molecular weight is 427 g/mol. The van der Waals surface area contributed by atoms with Gasteiger partial charge in [0.25, 0.3) is 0 Å². The Bertz CT molecular complexity index is 925. The van der Waals surface area contributed by atoms with Crippen molar-refractivity contribution in [3.8, 4) is 5.75 Å². The van der Waals surface area contributed by atoms with E-state index >= 15 is 0 Å². The number of piperazine rings is 1. The SMILES string of the molecule is Clc1ccc(C(c2ccc(OCc3ccccc3)cc2)N2CCNCC2)c(Cl)c1. The van der Waals surface area contributed by atoms with E-state index < -0.39 is 0 Å². The van der Waals surface area contributed by atoms with Crippen LogP contribution in [0.1, 0.15) is 22.7 Å². The summed E-state index contributed by atoms with van der Waals surface area (Å²) >= 11 is 12.7. The van der Waals surface area contributed by atoms with Gasteiger partial charge in [-0.15, -0.1) is 0 Å². The van der Waals surface area contributed by atoms with Crippen LogP contribution in [-0.4, -0.2) is 31.1 Å². The number of ether oxygens (including phenoxy) is 1. The van der Waals surface area contributed by atoms with Crippen molar-refractivity contribution < 1.29 is 4.74 Å². The molecule has 0 bridgehead atoms. The first-order chi connectivity index (χ1) is 14.2. The molecule has 0 saturated carbocycles. The molecule has 5 heteroatoms. The summed E-state index contributed by atoms with van der Waals surface area (Å²) in [4.78, 5) is 2.46. The minimum absolute atomic E-state index is 0.0880. The molecular weight excluding hydrogens is 403 g/mol. The van der Waals surface area contributed by atoms with E-state index in [0.29, 0.717) is 16.7 Å². The van der Waals surface area contributed by atoms with Crippen molar-refractivity contribution in [2.24, 2.45) is 0 Å². The molecule has 3 nitrogen and oxygen atoms in total. The number of rotatable bonds is 6. The number of hydrogen-bond acceptors (Lipinski definition) is 3. The predicted octanol–water partition coefficient (Wildman–Crippen LogP) is 5.57. The van der Waals surface area contributed by atoms with E-state index in [1.165, 1.54) is 5.56 Å². The summed E-state index contributed by atoms with van der Waals surface area (Å²) in [7, 11) is 0. The van der Waals surface area contributed by atoms with E-state index in [0.717, 1.165) is 43.1 Å². The van der Waals surface area contributed by atoms with E-state index in [2.05, 4.69) is 34.5 Å². The van der Waals surface area contributed by atoms with E-state index in [9.17, 15) is 0 Å². The van der Waals surface area contributed by atoms with Crippen LogP contribution >= 0.6 is 23.2 Å². The highest BCUT2D eigenvalue weighted by atomic mass is 35.5. The van der Waals surface area contributed by atoms with E-state index in [1.807, 2.05) is 48.5 Å². The highest BCUT2D eigenvalue weighted by Gasteiger charge is 2.25. The predicted molar refractivity (Wildman–Crippen MR) is 120 cm³/mol. The third-order valence-electron chi connectivity index (χ3n) is 5.22. The zero-order valence-electron chi connectivity index (χ0n) is 16.2. The summed E-state index contributed by atoms with van der Waals surface area (Å²) in [6.07, 6.45) is 0. The monoisotopic (exact) mass is 426 g/mol. The lowest BCUT2D eigenvalue weighted by atomic mass is 9.96. The fourth-order valence-corrected chi connectivity index (χ4v) is 4.25. The Balaban J connectivity index is 1.57. The summed E-state index contributed by atoms with van der Waals surface area (Å²) < 4.78 is 5.95. The zero-order valence-corrected chi connectivity index (χ0v) is 17.7. The van der Waals surface area contributed by atoms with Gasteiger partial charge in [-0.05, 0) is 41.0 Å². The van der Waals surface area contributed by atoms with Crippen LogP contribution in [0.3, 0.4) is 0 Å².